The normalized spacial score (nSPS) is 11.3. The maximum absolute atomic E-state index is 13.2. The molecule has 0 aliphatic rings. The number of carbonyl (C=O) groups is 1. The second-order valence-electron chi connectivity index (χ2n) is 7.82. The molecule has 1 aromatic heterocycles. The maximum atomic E-state index is 13.2. The first-order valence-electron chi connectivity index (χ1n) is 10.7. The van der Waals surface area contributed by atoms with Gasteiger partial charge in [-0.15, -0.1) is 0 Å². The molecule has 0 radical (unpaired) electrons. The summed E-state index contributed by atoms with van der Waals surface area (Å²) in [6, 6.07) is 26.6. The van der Waals surface area contributed by atoms with Gasteiger partial charge in [0.05, 0.1) is 10.8 Å². The van der Waals surface area contributed by atoms with Crippen molar-refractivity contribution in [3.8, 4) is 0 Å². The molecule has 172 valence electrons. The number of hydrogen-bond acceptors (Lipinski definition) is 5. The molecule has 0 saturated carbocycles. The van der Waals surface area contributed by atoms with E-state index in [0.29, 0.717) is 17.2 Å². The van der Waals surface area contributed by atoms with Gasteiger partial charge in [0.2, 0.25) is 5.91 Å². The predicted molar refractivity (Wildman–Crippen MR) is 132 cm³/mol. The van der Waals surface area contributed by atoms with Gasteiger partial charge >= 0.3 is 0 Å². The molecule has 8 heteroatoms. The van der Waals surface area contributed by atoms with Gasteiger partial charge in [-0.05, 0) is 49.2 Å². The van der Waals surface area contributed by atoms with Crippen LogP contribution in [0.2, 0.25) is 0 Å². The average Bonchev–Trinajstić information content (AvgIpc) is 2.80. The fourth-order valence-electron chi connectivity index (χ4n) is 3.68. The standard InChI is InChI=1S/C26H24N4O3S/c1-18-17-24(28-19(2)27-18)30-34(32,33)23-15-13-22(14-16-23)29-26(31)25(20-9-5-3-6-10-20)21-11-7-4-8-12-21/h3-17,25H,1-2H3,(H,29,31)(H,27,28,30). The van der Waals surface area contributed by atoms with Crippen LogP contribution in [0.3, 0.4) is 0 Å². The van der Waals surface area contributed by atoms with Gasteiger partial charge in [0.15, 0.2) is 0 Å². The van der Waals surface area contributed by atoms with Crippen molar-refractivity contribution in [1.29, 1.82) is 0 Å². The number of rotatable bonds is 7. The van der Waals surface area contributed by atoms with Gasteiger partial charge in [0.25, 0.3) is 10.0 Å². The Morgan fingerprint density at radius 3 is 1.88 bits per heavy atom. The lowest BCUT2D eigenvalue weighted by atomic mass is 9.90. The maximum Gasteiger partial charge on any atom is 0.263 e. The minimum absolute atomic E-state index is 0.0575. The van der Waals surface area contributed by atoms with E-state index in [-0.39, 0.29) is 16.6 Å². The number of nitrogens with zero attached hydrogens (tertiary/aromatic N) is 2. The Morgan fingerprint density at radius 1 is 0.794 bits per heavy atom. The van der Waals surface area contributed by atoms with Gasteiger partial charge in [0, 0.05) is 17.4 Å². The molecule has 4 aromatic rings. The summed E-state index contributed by atoms with van der Waals surface area (Å²) in [7, 11) is -3.85. The largest absolute Gasteiger partial charge is 0.325 e. The summed E-state index contributed by atoms with van der Waals surface area (Å²) >= 11 is 0. The van der Waals surface area contributed by atoms with Crippen molar-refractivity contribution in [2.24, 2.45) is 0 Å². The van der Waals surface area contributed by atoms with Gasteiger partial charge in [-0.3, -0.25) is 9.52 Å². The van der Waals surface area contributed by atoms with Crippen molar-refractivity contribution >= 4 is 27.4 Å². The number of nitrogens with one attached hydrogen (secondary N) is 2. The Bertz CT molecular complexity index is 1330. The van der Waals surface area contributed by atoms with Crippen molar-refractivity contribution < 1.29 is 13.2 Å². The van der Waals surface area contributed by atoms with E-state index in [0.717, 1.165) is 11.1 Å². The van der Waals surface area contributed by atoms with Crippen molar-refractivity contribution in [2.45, 2.75) is 24.7 Å². The van der Waals surface area contributed by atoms with Gasteiger partial charge in [-0.1, -0.05) is 60.7 Å². The number of carbonyl (C=O) groups excluding carboxylic acids is 1. The van der Waals surface area contributed by atoms with Crippen LogP contribution in [0.25, 0.3) is 0 Å². The van der Waals surface area contributed by atoms with Crippen molar-refractivity contribution in [3.63, 3.8) is 0 Å². The molecule has 0 fully saturated rings. The van der Waals surface area contributed by atoms with Crippen LogP contribution in [0.4, 0.5) is 11.5 Å². The van der Waals surface area contributed by atoms with Crippen LogP contribution in [0.5, 0.6) is 0 Å². The molecule has 0 unspecified atom stereocenters. The molecular formula is C26H24N4O3S. The van der Waals surface area contributed by atoms with Crippen LogP contribution < -0.4 is 10.0 Å². The average molecular weight is 473 g/mol. The quantitative estimate of drug-likeness (QED) is 0.407. The van der Waals surface area contributed by atoms with E-state index in [1.165, 1.54) is 12.1 Å². The molecule has 2 N–H and O–H groups in total. The number of sulfonamides is 1. The molecule has 0 atom stereocenters. The van der Waals surface area contributed by atoms with Crippen LogP contribution in [-0.2, 0) is 14.8 Å². The number of aryl methyl sites for hydroxylation is 2. The van der Waals surface area contributed by atoms with Gasteiger partial charge in [-0.25, -0.2) is 18.4 Å². The van der Waals surface area contributed by atoms with E-state index in [1.54, 1.807) is 32.0 Å². The zero-order valence-electron chi connectivity index (χ0n) is 18.8. The van der Waals surface area contributed by atoms with E-state index < -0.39 is 15.9 Å². The first-order valence-corrected chi connectivity index (χ1v) is 12.2. The number of amides is 1. The van der Waals surface area contributed by atoms with Gasteiger partial charge in [-0.2, -0.15) is 0 Å². The van der Waals surface area contributed by atoms with Crippen LogP contribution >= 0.6 is 0 Å². The highest BCUT2D eigenvalue weighted by Crippen LogP contribution is 2.27. The molecule has 0 saturated heterocycles. The molecule has 4 rings (SSSR count). The number of hydrogen-bond donors (Lipinski definition) is 2. The lowest BCUT2D eigenvalue weighted by molar-refractivity contribution is -0.116. The molecule has 0 aliphatic heterocycles. The molecule has 7 nitrogen and oxygen atoms in total. The highest BCUT2D eigenvalue weighted by atomic mass is 32.2. The summed E-state index contributed by atoms with van der Waals surface area (Å²) in [6.07, 6.45) is 0. The minimum atomic E-state index is -3.85. The van der Waals surface area contributed by atoms with E-state index in [4.69, 9.17) is 0 Å². The molecular weight excluding hydrogens is 448 g/mol. The van der Waals surface area contributed by atoms with E-state index >= 15 is 0 Å². The van der Waals surface area contributed by atoms with Gasteiger partial charge in [0.1, 0.15) is 11.6 Å². The Labute approximate surface area is 199 Å². The summed E-state index contributed by atoms with van der Waals surface area (Å²) in [5.74, 6) is -0.0344. The molecule has 3 aromatic carbocycles. The third-order valence-electron chi connectivity index (χ3n) is 5.17. The van der Waals surface area contributed by atoms with Crippen LogP contribution in [0.1, 0.15) is 28.6 Å². The fourth-order valence-corrected chi connectivity index (χ4v) is 4.68. The summed E-state index contributed by atoms with van der Waals surface area (Å²) in [5.41, 5.74) is 2.89. The Kier molecular flexibility index (Phi) is 6.70. The highest BCUT2D eigenvalue weighted by molar-refractivity contribution is 7.92. The van der Waals surface area contributed by atoms with E-state index in [2.05, 4.69) is 20.0 Å². The number of aromatic nitrogens is 2. The molecule has 1 heterocycles. The minimum Gasteiger partial charge on any atom is -0.325 e. The predicted octanol–water partition coefficient (Wildman–Crippen LogP) is 4.66. The van der Waals surface area contributed by atoms with Crippen LogP contribution in [-0.4, -0.2) is 24.3 Å². The second-order valence-corrected chi connectivity index (χ2v) is 9.50. The van der Waals surface area contributed by atoms with Crippen LogP contribution in [0.15, 0.2) is 95.9 Å². The molecule has 34 heavy (non-hydrogen) atoms. The lowest BCUT2D eigenvalue weighted by Gasteiger charge is -2.18. The molecule has 0 spiro atoms. The summed E-state index contributed by atoms with van der Waals surface area (Å²) in [4.78, 5) is 21.6. The second kappa shape index (κ2) is 9.84. The first kappa shape index (κ1) is 23.1. The number of benzene rings is 3. The number of anilines is 2. The zero-order valence-corrected chi connectivity index (χ0v) is 19.6. The van der Waals surface area contributed by atoms with Crippen molar-refractivity contribution in [2.75, 3.05) is 10.0 Å². The lowest BCUT2D eigenvalue weighted by Crippen LogP contribution is -2.22. The van der Waals surface area contributed by atoms with Gasteiger partial charge < -0.3 is 5.32 Å². The summed E-state index contributed by atoms with van der Waals surface area (Å²) in [6.45, 7) is 3.46. The molecule has 1 amide bonds. The molecule has 0 bridgehead atoms. The SMILES string of the molecule is Cc1cc(NS(=O)(=O)c2ccc(NC(=O)C(c3ccccc3)c3ccccc3)cc2)nc(C)n1. The monoisotopic (exact) mass is 472 g/mol. The van der Waals surface area contributed by atoms with E-state index in [1.807, 2.05) is 60.7 Å². The Balaban J connectivity index is 1.53. The van der Waals surface area contributed by atoms with Crippen LogP contribution in [0, 0.1) is 13.8 Å². The van der Waals surface area contributed by atoms with E-state index in [9.17, 15) is 13.2 Å². The topological polar surface area (TPSA) is 101 Å². The highest BCUT2D eigenvalue weighted by Gasteiger charge is 2.23. The Hall–Kier alpha value is -4.04. The fraction of sp³-hybridized carbons (Fsp3) is 0.115. The first-order chi connectivity index (χ1) is 16.3. The summed E-state index contributed by atoms with van der Waals surface area (Å²) < 4.78 is 28.0. The summed E-state index contributed by atoms with van der Waals surface area (Å²) in [5, 5.41) is 2.91. The Morgan fingerprint density at radius 2 is 1.35 bits per heavy atom. The zero-order chi connectivity index (χ0) is 24.1. The smallest absolute Gasteiger partial charge is 0.263 e. The van der Waals surface area contributed by atoms with Crippen molar-refractivity contribution in [3.05, 3.63) is 114 Å². The third-order valence-corrected chi connectivity index (χ3v) is 6.54. The molecule has 0 aliphatic carbocycles. The third kappa shape index (κ3) is 5.47. The van der Waals surface area contributed by atoms with Crippen molar-refractivity contribution in [1.82, 2.24) is 9.97 Å².